The fourth-order valence-electron chi connectivity index (χ4n) is 3.46. The number of hydrogen-bond donors (Lipinski definition) is 2. The third-order valence-corrected chi connectivity index (χ3v) is 4.97. The average Bonchev–Trinajstić information content (AvgIpc) is 3.29. The van der Waals surface area contributed by atoms with Gasteiger partial charge in [-0.3, -0.25) is 9.36 Å². The topological polar surface area (TPSA) is 90.2 Å². The van der Waals surface area contributed by atoms with E-state index in [1.54, 1.807) is 25.3 Å². The first-order valence-electron chi connectivity index (χ1n) is 9.03. The lowest BCUT2D eigenvalue weighted by molar-refractivity contribution is -0.142. The summed E-state index contributed by atoms with van der Waals surface area (Å²) in [7, 11) is 2.88. The highest BCUT2D eigenvalue weighted by Crippen LogP contribution is 2.36. The van der Waals surface area contributed by atoms with Crippen molar-refractivity contribution in [2.24, 2.45) is 0 Å². The Morgan fingerprint density at radius 3 is 2.37 bits per heavy atom. The predicted molar refractivity (Wildman–Crippen MR) is 98.4 cm³/mol. The van der Waals surface area contributed by atoms with Crippen LogP contribution in [0.3, 0.4) is 0 Å². The highest BCUT2D eigenvalue weighted by atomic mass is 16.5. The molecule has 2 N–H and O–H groups in total. The lowest BCUT2D eigenvalue weighted by Crippen LogP contribution is -2.20. The zero-order valence-corrected chi connectivity index (χ0v) is 15.6. The monoisotopic (exact) mass is 375 g/mol. The Hall–Kier alpha value is -2.83. The van der Waals surface area contributed by atoms with Gasteiger partial charge in [0.15, 0.2) is 23.3 Å². The Labute approximate surface area is 158 Å². The molecule has 0 saturated heterocycles. The molecule has 0 bridgehead atoms. The van der Waals surface area contributed by atoms with Gasteiger partial charge in [0.1, 0.15) is 5.92 Å². The molecule has 7 heteroatoms. The largest absolute Gasteiger partial charge is 0.494 e. The summed E-state index contributed by atoms with van der Waals surface area (Å²) in [6, 6.07) is 8.03. The van der Waals surface area contributed by atoms with Crippen molar-refractivity contribution in [3.63, 3.8) is 0 Å². The molecule has 1 fully saturated rings. The van der Waals surface area contributed by atoms with E-state index in [1.165, 1.54) is 23.8 Å². The number of benzene rings is 1. The van der Waals surface area contributed by atoms with Crippen LogP contribution in [0.25, 0.3) is 0 Å². The summed E-state index contributed by atoms with van der Waals surface area (Å²) < 4.78 is 17.7. The van der Waals surface area contributed by atoms with E-state index in [-0.39, 0.29) is 24.4 Å². The summed E-state index contributed by atoms with van der Waals surface area (Å²) >= 11 is 0. The summed E-state index contributed by atoms with van der Waals surface area (Å²) in [6.07, 6.45) is 4.42. The molecular weight excluding hydrogens is 350 g/mol. The molecule has 1 atom stereocenters. The molecule has 3 rings (SSSR count). The van der Waals surface area contributed by atoms with E-state index in [2.05, 4.69) is 0 Å². The predicted octanol–water partition coefficient (Wildman–Crippen LogP) is 3.19. The second-order valence-electron chi connectivity index (χ2n) is 6.67. The first-order valence-corrected chi connectivity index (χ1v) is 9.03. The van der Waals surface area contributed by atoms with E-state index in [0.717, 1.165) is 25.7 Å². The SMILES string of the molecule is COC(=O)C(Cn1c(O)ccc1O)c1ccc(OC)c(OC2CCCC2)c1. The summed E-state index contributed by atoms with van der Waals surface area (Å²) in [5, 5.41) is 19.8. The Morgan fingerprint density at radius 2 is 1.78 bits per heavy atom. The van der Waals surface area contributed by atoms with Crippen LogP contribution in [0.4, 0.5) is 0 Å². The second kappa shape index (κ2) is 8.24. The van der Waals surface area contributed by atoms with Crippen molar-refractivity contribution in [1.29, 1.82) is 0 Å². The van der Waals surface area contributed by atoms with E-state index >= 15 is 0 Å². The van der Waals surface area contributed by atoms with Crippen molar-refractivity contribution in [3.05, 3.63) is 35.9 Å². The molecule has 1 aromatic carbocycles. The van der Waals surface area contributed by atoms with Crippen molar-refractivity contribution in [3.8, 4) is 23.3 Å². The van der Waals surface area contributed by atoms with Gasteiger partial charge in [-0.1, -0.05) is 6.07 Å². The number of nitrogens with zero attached hydrogens (tertiary/aromatic N) is 1. The molecule has 146 valence electrons. The van der Waals surface area contributed by atoms with Crippen LogP contribution in [-0.2, 0) is 16.1 Å². The van der Waals surface area contributed by atoms with E-state index in [0.29, 0.717) is 17.1 Å². The minimum atomic E-state index is -0.726. The summed E-state index contributed by atoms with van der Waals surface area (Å²) in [4.78, 5) is 12.4. The van der Waals surface area contributed by atoms with Gasteiger partial charge in [-0.2, -0.15) is 0 Å². The molecule has 1 heterocycles. The highest BCUT2D eigenvalue weighted by molar-refractivity contribution is 5.78. The molecule has 1 saturated carbocycles. The number of esters is 1. The fraction of sp³-hybridized carbons (Fsp3) is 0.450. The van der Waals surface area contributed by atoms with E-state index in [1.807, 2.05) is 0 Å². The number of rotatable bonds is 7. The number of hydrogen-bond acceptors (Lipinski definition) is 6. The minimum absolute atomic E-state index is 0.0343. The molecule has 1 aromatic heterocycles. The van der Waals surface area contributed by atoms with Crippen molar-refractivity contribution >= 4 is 5.97 Å². The van der Waals surface area contributed by atoms with E-state index in [4.69, 9.17) is 14.2 Å². The molecular formula is C20H25NO6. The minimum Gasteiger partial charge on any atom is -0.494 e. The maximum atomic E-state index is 12.4. The number of methoxy groups -OCH3 is 2. The standard InChI is InChI=1S/C20H25NO6/c1-25-16-8-7-13(11-17(16)27-14-5-3-4-6-14)15(20(24)26-2)12-21-18(22)9-10-19(21)23/h7-11,14-15,22-23H,3-6,12H2,1-2H3. The Bertz CT molecular complexity index is 774. The van der Waals surface area contributed by atoms with Crippen molar-refractivity contribution in [2.45, 2.75) is 44.2 Å². The number of carbonyl (C=O) groups excluding carboxylic acids is 1. The molecule has 7 nitrogen and oxygen atoms in total. The molecule has 27 heavy (non-hydrogen) atoms. The van der Waals surface area contributed by atoms with Crippen LogP contribution in [0.1, 0.15) is 37.2 Å². The van der Waals surface area contributed by atoms with Crippen LogP contribution in [-0.4, -0.2) is 41.1 Å². The first kappa shape index (κ1) is 18.9. The van der Waals surface area contributed by atoms with Crippen LogP contribution in [0.15, 0.2) is 30.3 Å². The number of ether oxygens (including phenoxy) is 3. The van der Waals surface area contributed by atoms with Crippen LogP contribution < -0.4 is 9.47 Å². The molecule has 1 aliphatic rings. The number of aromatic nitrogens is 1. The zero-order valence-electron chi connectivity index (χ0n) is 15.6. The van der Waals surface area contributed by atoms with Crippen molar-refractivity contribution in [2.75, 3.05) is 14.2 Å². The summed E-state index contributed by atoms with van der Waals surface area (Å²) in [6.45, 7) is 0.0343. The van der Waals surface area contributed by atoms with Gasteiger partial charge < -0.3 is 24.4 Å². The number of carbonyl (C=O) groups is 1. The van der Waals surface area contributed by atoms with Crippen LogP contribution >= 0.6 is 0 Å². The first-order chi connectivity index (χ1) is 13.0. The third kappa shape index (κ3) is 4.13. The van der Waals surface area contributed by atoms with Crippen LogP contribution in [0.5, 0.6) is 23.3 Å². The maximum absolute atomic E-state index is 12.4. The van der Waals surface area contributed by atoms with Gasteiger partial charge in [0, 0.05) is 18.7 Å². The Balaban J connectivity index is 1.92. The Morgan fingerprint density at radius 1 is 1.11 bits per heavy atom. The Kier molecular flexibility index (Phi) is 5.78. The van der Waals surface area contributed by atoms with Crippen molar-refractivity contribution in [1.82, 2.24) is 4.57 Å². The highest BCUT2D eigenvalue weighted by Gasteiger charge is 2.26. The molecule has 0 spiro atoms. The van der Waals surface area contributed by atoms with Crippen LogP contribution in [0, 0.1) is 0 Å². The number of aromatic hydroxyl groups is 2. The normalized spacial score (nSPS) is 15.5. The van der Waals surface area contributed by atoms with Crippen LogP contribution in [0.2, 0.25) is 0 Å². The zero-order chi connectivity index (χ0) is 19.4. The van der Waals surface area contributed by atoms with Gasteiger partial charge >= 0.3 is 5.97 Å². The van der Waals surface area contributed by atoms with Gasteiger partial charge in [-0.25, -0.2) is 0 Å². The molecule has 0 aliphatic heterocycles. The maximum Gasteiger partial charge on any atom is 0.314 e. The van der Waals surface area contributed by atoms with Gasteiger partial charge in [0.05, 0.1) is 20.3 Å². The van der Waals surface area contributed by atoms with E-state index in [9.17, 15) is 15.0 Å². The quantitative estimate of drug-likeness (QED) is 0.723. The molecule has 1 unspecified atom stereocenters. The molecule has 2 aromatic rings. The second-order valence-corrected chi connectivity index (χ2v) is 6.67. The van der Waals surface area contributed by atoms with Gasteiger partial charge in [0.2, 0.25) is 0 Å². The van der Waals surface area contributed by atoms with Gasteiger partial charge in [0.25, 0.3) is 0 Å². The summed E-state index contributed by atoms with van der Waals surface area (Å²) in [5.74, 6) is -0.275. The fourth-order valence-corrected chi connectivity index (χ4v) is 3.46. The summed E-state index contributed by atoms with van der Waals surface area (Å²) in [5.41, 5.74) is 0.656. The molecule has 0 radical (unpaired) electrons. The van der Waals surface area contributed by atoms with E-state index < -0.39 is 11.9 Å². The molecule has 0 amide bonds. The lowest BCUT2D eigenvalue weighted by atomic mass is 9.98. The molecule has 1 aliphatic carbocycles. The van der Waals surface area contributed by atoms with Gasteiger partial charge in [-0.05, 0) is 43.4 Å². The lowest BCUT2D eigenvalue weighted by Gasteiger charge is -2.20. The van der Waals surface area contributed by atoms with Crippen molar-refractivity contribution < 1.29 is 29.2 Å². The smallest absolute Gasteiger partial charge is 0.314 e. The van der Waals surface area contributed by atoms with Gasteiger partial charge in [-0.15, -0.1) is 0 Å². The average molecular weight is 375 g/mol. The third-order valence-electron chi connectivity index (χ3n) is 4.97.